The van der Waals surface area contributed by atoms with Crippen molar-refractivity contribution in [3.63, 3.8) is 0 Å². The van der Waals surface area contributed by atoms with Crippen LogP contribution in [-0.2, 0) is 4.74 Å². The second kappa shape index (κ2) is 7.17. The molecule has 0 saturated carbocycles. The summed E-state index contributed by atoms with van der Waals surface area (Å²) >= 11 is 0. The highest BCUT2D eigenvalue weighted by Crippen LogP contribution is 2.35. The fourth-order valence-electron chi connectivity index (χ4n) is 4.27. The van der Waals surface area contributed by atoms with Gasteiger partial charge in [-0.15, -0.1) is 0 Å². The van der Waals surface area contributed by atoms with Crippen LogP contribution in [0.25, 0.3) is 44.6 Å². The SMILES string of the molecule is CC1COCCN1c1nc(-c2ccnc3[nH]ccc23)nc2c(-c3ccncc3)c[nH]c12. The van der Waals surface area contributed by atoms with Gasteiger partial charge in [0.2, 0.25) is 0 Å². The Balaban J connectivity index is 1.63. The summed E-state index contributed by atoms with van der Waals surface area (Å²) in [4.78, 5) is 27.6. The Bertz CT molecular complexity index is 1380. The number of fused-ring (bicyclic) bond motifs is 2. The van der Waals surface area contributed by atoms with Gasteiger partial charge in [0.05, 0.1) is 19.3 Å². The second-order valence-electron chi connectivity index (χ2n) is 7.75. The highest BCUT2D eigenvalue weighted by Gasteiger charge is 2.25. The van der Waals surface area contributed by atoms with Gasteiger partial charge in [-0.2, -0.15) is 0 Å². The summed E-state index contributed by atoms with van der Waals surface area (Å²) in [6.45, 7) is 4.30. The highest BCUT2D eigenvalue weighted by molar-refractivity contribution is 6.00. The van der Waals surface area contributed by atoms with Crippen LogP contribution in [0.15, 0.2) is 55.2 Å². The standard InChI is InChI=1S/C23H21N7O/c1-14-13-31-11-10-30(14)23-20-19(18(12-27-20)15-2-6-24-7-3-15)28-22(29-23)17-5-9-26-21-16(17)4-8-25-21/h2-9,12,14,27H,10-11,13H2,1H3,(H,25,26). The Hall–Kier alpha value is -3.78. The van der Waals surface area contributed by atoms with Crippen molar-refractivity contribution >= 4 is 27.9 Å². The fraction of sp³-hybridized carbons (Fsp3) is 0.217. The maximum Gasteiger partial charge on any atom is 0.163 e. The molecule has 0 amide bonds. The molecule has 0 spiro atoms. The van der Waals surface area contributed by atoms with Crippen molar-refractivity contribution in [3.05, 3.63) is 55.2 Å². The summed E-state index contributed by atoms with van der Waals surface area (Å²) in [5, 5.41) is 1.00. The first kappa shape index (κ1) is 18.0. The normalized spacial score (nSPS) is 16.9. The van der Waals surface area contributed by atoms with Crippen molar-refractivity contribution < 1.29 is 4.74 Å². The van der Waals surface area contributed by atoms with Crippen molar-refractivity contribution in [2.45, 2.75) is 13.0 Å². The van der Waals surface area contributed by atoms with Crippen LogP contribution in [0.2, 0.25) is 0 Å². The molecule has 154 valence electrons. The molecule has 5 aromatic rings. The fourth-order valence-corrected chi connectivity index (χ4v) is 4.27. The number of nitrogens with zero attached hydrogens (tertiary/aromatic N) is 5. The number of H-pyrrole nitrogens is 2. The first-order valence-corrected chi connectivity index (χ1v) is 10.4. The van der Waals surface area contributed by atoms with E-state index in [1.54, 1.807) is 18.6 Å². The average Bonchev–Trinajstić information content (AvgIpc) is 3.46. The van der Waals surface area contributed by atoms with Gasteiger partial charge in [0, 0.05) is 54.0 Å². The third kappa shape index (κ3) is 2.95. The molecule has 0 bridgehead atoms. The first-order chi connectivity index (χ1) is 15.3. The van der Waals surface area contributed by atoms with E-state index in [4.69, 9.17) is 14.7 Å². The van der Waals surface area contributed by atoms with Crippen molar-refractivity contribution in [2.75, 3.05) is 24.7 Å². The summed E-state index contributed by atoms with van der Waals surface area (Å²) in [6.07, 6.45) is 9.29. The summed E-state index contributed by atoms with van der Waals surface area (Å²) < 4.78 is 5.67. The van der Waals surface area contributed by atoms with E-state index in [-0.39, 0.29) is 6.04 Å². The molecule has 8 nitrogen and oxygen atoms in total. The predicted octanol–water partition coefficient (Wildman–Crippen LogP) is 3.79. The van der Waals surface area contributed by atoms with E-state index in [0.717, 1.165) is 51.1 Å². The first-order valence-electron chi connectivity index (χ1n) is 10.4. The molecule has 31 heavy (non-hydrogen) atoms. The lowest BCUT2D eigenvalue weighted by Gasteiger charge is -2.34. The maximum atomic E-state index is 5.67. The molecule has 6 rings (SSSR count). The molecule has 0 aliphatic carbocycles. The molecule has 1 atom stereocenters. The van der Waals surface area contributed by atoms with E-state index in [1.165, 1.54) is 0 Å². The van der Waals surface area contributed by atoms with Gasteiger partial charge in [-0.05, 0) is 36.8 Å². The van der Waals surface area contributed by atoms with Gasteiger partial charge in [0.15, 0.2) is 11.6 Å². The van der Waals surface area contributed by atoms with Gasteiger partial charge in [-0.25, -0.2) is 15.0 Å². The number of hydrogen-bond donors (Lipinski definition) is 2. The Morgan fingerprint density at radius 3 is 2.81 bits per heavy atom. The van der Waals surface area contributed by atoms with E-state index in [2.05, 4.69) is 31.8 Å². The van der Waals surface area contributed by atoms with Crippen LogP contribution in [0.1, 0.15) is 6.92 Å². The zero-order chi connectivity index (χ0) is 20.8. The number of aromatic amines is 2. The molecule has 1 fully saturated rings. The van der Waals surface area contributed by atoms with Gasteiger partial charge >= 0.3 is 0 Å². The van der Waals surface area contributed by atoms with Crippen LogP contribution in [0.3, 0.4) is 0 Å². The summed E-state index contributed by atoms with van der Waals surface area (Å²) in [5.41, 5.74) is 5.70. The van der Waals surface area contributed by atoms with Gasteiger partial charge in [0.25, 0.3) is 0 Å². The zero-order valence-electron chi connectivity index (χ0n) is 17.0. The van der Waals surface area contributed by atoms with Crippen molar-refractivity contribution in [2.24, 2.45) is 0 Å². The lowest BCUT2D eigenvalue weighted by Crippen LogP contribution is -2.44. The number of anilines is 1. The molecule has 5 aromatic heterocycles. The third-order valence-corrected chi connectivity index (χ3v) is 5.84. The molecule has 1 aliphatic rings. The predicted molar refractivity (Wildman–Crippen MR) is 120 cm³/mol. The Kier molecular flexibility index (Phi) is 4.17. The number of pyridine rings is 2. The van der Waals surface area contributed by atoms with Crippen LogP contribution in [-0.4, -0.2) is 55.7 Å². The minimum atomic E-state index is 0.220. The summed E-state index contributed by atoms with van der Waals surface area (Å²) in [6, 6.07) is 8.21. The van der Waals surface area contributed by atoms with Gasteiger partial charge in [0.1, 0.15) is 16.7 Å². The number of aromatic nitrogens is 6. The molecule has 2 N–H and O–H groups in total. The molecule has 1 unspecified atom stereocenters. The zero-order valence-corrected chi connectivity index (χ0v) is 17.0. The minimum absolute atomic E-state index is 0.220. The van der Waals surface area contributed by atoms with Crippen LogP contribution < -0.4 is 4.90 Å². The molecule has 1 saturated heterocycles. The highest BCUT2D eigenvalue weighted by atomic mass is 16.5. The van der Waals surface area contributed by atoms with E-state index in [9.17, 15) is 0 Å². The summed E-state index contributed by atoms with van der Waals surface area (Å²) in [5.74, 6) is 1.58. The minimum Gasteiger partial charge on any atom is -0.377 e. The number of ether oxygens (including phenoxy) is 1. The maximum absolute atomic E-state index is 5.67. The third-order valence-electron chi connectivity index (χ3n) is 5.84. The Morgan fingerprint density at radius 1 is 1.03 bits per heavy atom. The van der Waals surface area contributed by atoms with Gasteiger partial charge < -0.3 is 19.6 Å². The largest absolute Gasteiger partial charge is 0.377 e. The average molecular weight is 411 g/mol. The quantitative estimate of drug-likeness (QED) is 0.469. The van der Waals surface area contributed by atoms with E-state index in [1.807, 2.05) is 36.7 Å². The van der Waals surface area contributed by atoms with Crippen molar-refractivity contribution in [1.29, 1.82) is 0 Å². The van der Waals surface area contributed by atoms with Crippen molar-refractivity contribution in [1.82, 2.24) is 29.9 Å². The van der Waals surface area contributed by atoms with Crippen LogP contribution in [0.5, 0.6) is 0 Å². The summed E-state index contributed by atoms with van der Waals surface area (Å²) in [7, 11) is 0. The van der Waals surface area contributed by atoms with Crippen LogP contribution >= 0.6 is 0 Å². The molecular weight excluding hydrogens is 390 g/mol. The molecule has 0 radical (unpaired) electrons. The number of morpholine rings is 1. The van der Waals surface area contributed by atoms with Gasteiger partial charge in [-0.1, -0.05) is 0 Å². The van der Waals surface area contributed by atoms with Crippen LogP contribution in [0.4, 0.5) is 5.82 Å². The van der Waals surface area contributed by atoms with Crippen LogP contribution in [0, 0.1) is 0 Å². The lowest BCUT2D eigenvalue weighted by molar-refractivity contribution is 0.0987. The Morgan fingerprint density at radius 2 is 1.94 bits per heavy atom. The lowest BCUT2D eigenvalue weighted by atomic mass is 10.1. The number of hydrogen-bond acceptors (Lipinski definition) is 6. The molecule has 6 heterocycles. The van der Waals surface area contributed by atoms with E-state index >= 15 is 0 Å². The molecule has 0 aromatic carbocycles. The Labute approximate surface area is 178 Å². The van der Waals surface area contributed by atoms with E-state index < -0.39 is 0 Å². The van der Waals surface area contributed by atoms with E-state index in [0.29, 0.717) is 19.0 Å². The molecule has 8 heteroatoms. The van der Waals surface area contributed by atoms with Gasteiger partial charge in [-0.3, -0.25) is 4.98 Å². The monoisotopic (exact) mass is 411 g/mol. The second-order valence-corrected chi connectivity index (χ2v) is 7.75. The molecular formula is C23H21N7O. The smallest absolute Gasteiger partial charge is 0.163 e. The topological polar surface area (TPSA) is 95.6 Å². The number of nitrogens with one attached hydrogen (secondary N) is 2. The van der Waals surface area contributed by atoms with Crippen molar-refractivity contribution in [3.8, 4) is 22.5 Å². The molecule has 1 aliphatic heterocycles. The number of rotatable bonds is 3.